The van der Waals surface area contributed by atoms with Crippen LogP contribution < -0.4 is 14.8 Å². The second kappa shape index (κ2) is 11.2. The number of hydrogen-bond donors (Lipinski definition) is 1. The molecule has 0 saturated carbocycles. The minimum Gasteiger partial charge on any atom is -0.490 e. The molecule has 0 radical (unpaired) electrons. The number of carbonyl (C=O) groups is 1. The molecule has 0 saturated heterocycles. The molecule has 0 atom stereocenters. The number of hydrogen-bond acceptors (Lipinski definition) is 5. The van der Waals surface area contributed by atoms with E-state index in [4.69, 9.17) is 9.47 Å². The summed E-state index contributed by atoms with van der Waals surface area (Å²) in [6.45, 7) is 6.17. The molecule has 0 aliphatic rings. The maximum absolute atomic E-state index is 12.2. The van der Waals surface area contributed by atoms with Gasteiger partial charge >= 0.3 is 0 Å². The molecular formula is C23H22IN3O3. The van der Waals surface area contributed by atoms with Crippen LogP contribution in [0.15, 0.2) is 42.0 Å². The number of rotatable bonds is 8. The minimum absolute atomic E-state index is 0.0126. The highest BCUT2D eigenvalue weighted by atomic mass is 127. The molecule has 0 bridgehead atoms. The Morgan fingerprint density at radius 3 is 2.60 bits per heavy atom. The van der Waals surface area contributed by atoms with Gasteiger partial charge in [-0.2, -0.15) is 10.5 Å². The lowest BCUT2D eigenvalue weighted by molar-refractivity contribution is -0.117. The topological polar surface area (TPSA) is 95.1 Å². The van der Waals surface area contributed by atoms with Crippen molar-refractivity contribution in [3.05, 3.63) is 62.2 Å². The van der Waals surface area contributed by atoms with Crippen molar-refractivity contribution in [3.63, 3.8) is 0 Å². The fourth-order valence-electron chi connectivity index (χ4n) is 2.63. The van der Waals surface area contributed by atoms with Crippen molar-refractivity contribution in [1.29, 1.82) is 10.5 Å². The predicted octanol–water partition coefficient (Wildman–Crippen LogP) is 4.57. The van der Waals surface area contributed by atoms with Crippen LogP contribution in [0.2, 0.25) is 0 Å². The van der Waals surface area contributed by atoms with E-state index in [0.29, 0.717) is 29.2 Å². The molecule has 7 heteroatoms. The molecule has 2 aromatic rings. The van der Waals surface area contributed by atoms with Crippen LogP contribution >= 0.6 is 22.6 Å². The lowest BCUT2D eigenvalue weighted by Crippen LogP contribution is -2.30. The number of nitrogens with one attached hydrogen (secondary N) is 1. The third-order valence-electron chi connectivity index (χ3n) is 3.94. The van der Waals surface area contributed by atoms with Gasteiger partial charge in [0.05, 0.1) is 21.8 Å². The first-order valence-corrected chi connectivity index (χ1v) is 10.5. The smallest absolute Gasteiger partial charge is 0.262 e. The van der Waals surface area contributed by atoms with Gasteiger partial charge in [0.1, 0.15) is 18.2 Å². The molecule has 1 amide bonds. The van der Waals surface area contributed by atoms with Gasteiger partial charge in [0.25, 0.3) is 5.91 Å². The lowest BCUT2D eigenvalue weighted by Gasteiger charge is -2.15. The number of benzene rings is 2. The SMILES string of the molecule is CCOc1cc(/C=C(/C#N)C(=O)NC(C)C)cc(I)c1OCc1ccccc1C#N. The van der Waals surface area contributed by atoms with E-state index in [1.165, 1.54) is 6.08 Å². The Morgan fingerprint density at radius 2 is 1.97 bits per heavy atom. The third-order valence-corrected chi connectivity index (χ3v) is 4.74. The van der Waals surface area contributed by atoms with Crippen LogP contribution in [0.1, 0.15) is 37.5 Å². The van der Waals surface area contributed by atoms with Crippen LogP contribution in [0.25, 0.3) is 6.08 Å². The molecule has 0 fully saturated rings. The standard InChI is InChI=1S/C23H22IN3O3/c1-4-29-21-11-16(9-19(13-26)23(28)27-15(2)3)10-20(24)22(21)30-14-18-8-6-5-7-17(18)12-25/h5-11,15H,4,14H2,1-3H3,(H,27,28)/b19-9-. The van der Waals surface area contributed by atoms with Gasteiger partial charge in [-0.1, -0.05) is 18.2 Å². The van der Waals surface area contributed by atoms with E-state index < -0.39 is 5.91 Å². The van der Waals surface area contributed by atoms with Gasteiger partial charge in [0, 0.05) is 11.6 Å². The van der Waals surface area contributed by atoms with Crippen LogP contribution in [0.3, 0.4) is 0 Å². The fourth-order valence-corrected chi connectivity index (χ4v) is 3.42. The van der Waals surface area contributed by atoms with Crippen LogP contribution in [-0.4, -0.2) is 18.6 Å². The van der Waals surface area contributed by atoms with E-state index in [9.17, 15) is 15.3 Å². The lowest BCUT2D eigenvalue weighted by atomic mass is 10.1. The average Bonchev–Trinajstić information content (AvgIpc) is 2.71. The third kappa shape index (κ3) is 6.23. The van der Waals surface area contributed by atoms with Crippen molar-refractivity contribution >= 4 is 34.6 Å². The highest BCUT2D eigenvalue weighted by Crippen LogP contribution is 2.35. The summed E-state index contributed by atoms with van der Waals surface area (Å²) >= 11 is 2.13. The van der Waals surface area contributed by atoms with E-state index in [1.54, 1.807) is 18.2 Å². The summed E-state index contributed by atoms with van der Waals surface area (Å²) in [6, 6.07) is 14.8. The molecule has 0 aromatic heterocycles. The molecule has 1 N–H and O–H groups in total. The van der Waals surface area contributed by atoms with Crippen molar-refractivity contribution in [3.8, 4) is 23.6 Å². The Morgan fingerprint density at radius 1 is 1.23 bits per heavy atom. The Kier molecular flexibility index (Phi) is 8.70. The van der Waals surface area contributed by atoms with E-state index in [-0.39, 0.29) is 18.2 Å². The van der Waals surface area contributed by atoms with Crippen molar-refractivity contribution in [1.82, 2.24) is 5.32 Å². The Hall–Kier alpha value is -3.04. The van der Waals surface area contributed by atoms with E-state index in [2.05, 4.69) is 34.0 Å². The van der Waals surface area contributed by atoms with Crippen molar-refractivity contribution in [2.24, 2.45) is 0 Å². The van der Waals surface area contributed by atoms with Crippen LogP contribution in [0, 0.1) is 26.2 Å². The monoisotopic (exact) mass is 515 g/mol. The molecule has 0 spiro atoms. The van der Waals surface area contributed by atoms with Gasteiger partial charge < -0.3 is 14.8 Å². The Balaban J connectivity index is 2.35. The summed E-state index contributed by atoms with van der Waals surface area (Å²) in [5.41, 5.74) is 2.00. The van der Waals surface area contributed by atoms with Gasteiger partial charge in [-0.25, -0.2) is 0 Å². The summed E-state index contributed by atoms with van der Waals surface area (Å²) < 4.78 is 12.5. The Labute approximate surface area is 190 Å². The molecule has 0 unspecified atom stereocenters. The van der Waals surface area contributed by atoms with Crippen LogP contribution in [-0.2, 0) is 11.4 Å². The fraction of sp³-hybridized carbons (Fsp3) is 0.261. The first kappa shape index (κ1) is 23.2. The second-order valence-corrected chi connectivity index (χ2v) is 7.78. The molecule has 2 aromatic carbocycles. The highest BCUT2D eigenvalue weighted by Gasteiger charge is 2.15. The number of nitriles is 2. The predicted molar refractivity (Wildman–Crippen MR) is 123 cm³/mol. The maximum atomic E-state index is 12.2. The minimum atomic E-state index is -0.422. The summed E-state index contributed by atoms with van der Waals surface area (Å²) in [4.78, 5) is 12.2. The second-order valence-electron chi connectivity index (χ2n) is 6.62. The largest absolute Gasteiger partial charge is 0.490 e. The molecule has 6 nitrogen and oxygen atoms in total. The van der Waals surface area contributed by atoms with Crippen molar-refractivity contribution in [2.75, 3.05) is 6.61 Å². The normalized spacial score (nSPS) is 10.8. The van der Waals surface area contributed by atoms with Crippen LogP contribution in [0.5, 0.6) is 11.5 Å². The molecular weight excluding hydrogens is 493 g/mol. The van der Waals surface area contributed by atoms with Crippen molar-refractivity contribution < 1.29 is 14.3 Å². The summed E-state index contributed by atoms with van der Waals surface area (Å²) in [6.07, 6.45) is 1.52. The molecule has 30 heavy (non-hydrogen) atoms. The van der Waals surface area contributed by atoms with E-state index >= 15 is 0 Å². The summed E-state index contributed by atoms with van der Waals surface area (Å²) in [5.74, 6) is 0.632. The van der Waals surface area contributed by atoms with Gasteiger partial charge in [-0.15, -0.1) is 0 Å². The number of ether oxygens (including phenoxy) is 2. The first-order chi connectivity index (χ1) is 14.4. The van der Waals surface area contributed by atoms with Crippen LogP contribution in [0.4, 0.5) is 0 Å². The van der Waals surface area contributed by atoms with Gasteiger partial charge in [-0.3, -0.25) is 4.79 Å². The molecule has 2 rings (SSSR count). The zero-order valence-corrected chi connectivity index (χ0v) is 19.2. The van der Waals surface area contributed by atoms with Crippen molar-refractivity contribution in [2.45, 2.75) is 33.4 Å². The average molecular weight is 515 g/mol. The van der Waals surface area contributed by atoms with Gasteiger partial charge in [0.15, 0.2) is 11.5 Å². The summed E-state index contributed by atoms with van der Waals surface area (Å²) in [5, 5.41) is 21.3. The zero-order valence-electron chi connectivity index (χ0n) is 17.0. The van der Waals surface area contributed by atoms with E-state index in [0.717, 1.165) is 9.13 Å². The molecule has 0 heterocycles. The first-order valence-electron chi connectivity index (χ1n) is 9.39. The summed E-state index contributed by atoms with van der Waals surface area (Å²) in [7, 11) is 0. The zero-order chi connectivity index (χ0) is 22.1. The maximum Gasteiger partial charge on any atom is 0.262 e. The van der Waals surface area contributed by atoms with Gasteiger partial charge in [-0.05, 0) is 73.2 Å². The number of nitrogens with zero attached hydrogens (tertiary/aromatic N) is 2. The van der Waals surface area contributed by atoms with E-state index in [1.807, 2.05) is 45.0 Å². The number of amides is 1. The quantitative estimate of drug-likeness (QED) is 0.316. The molecule has 0 aliphatic heterocycles. The molecule has 0 aliphatic carbocycles. The van der Waals surface area contributed by atoms with Gasteiger partial charge in [0.2, 0.25) is 0 Å². The molecule has 154 valence electrons. The number of carbonyl (C=O) groups excluding carboxylic acids is 1. The highest BCUT2D eigenvalue weighted by molar-refractivity contribution is 14.1. The number of halogens is 1. The Bertz CT molecular complexity index is 1030.